The molecular formula is C11H23NO. The Morgan fingerprint density at radius 3 is 2.54 bits per heavy atom. The summed E-state index contributed by atoms with van der Waals surface area (Å²) in [6.45, 7) is 6.05. The minimum Gasteiger partial charge on any atom is -0.390 e. The molecule has 2 nitrogen and oxygen atoms in total. The topological polar surface area (TPSA) is 32.3 Å². The van der Waals surface area contributed by atoms with E-state index < -0.39 is 5.60 Å². The highest BCUT2D eigenvalue weighted by atomic mass is 16.3. The minimum atomic E-state index is -0.432. The lowest BCUT2D eigenvalue weighted by Crippen LogP contribution is -2.36. The van der Waals surface area contributed by atoms with Crippen LogP contribution in [-0.4, -0.2) is 23.8 Å². The number of hydrogen-bond acceptors (Lipinski definition) is 2. The van der Waals surface area contributed by atoms with E-state index in [2.05, 4.69) is 12.2 Å². The van der Waals surface area contributed by atoms with Crippen molar-refractivity contribution < 1.29 is 5.11 Å². The highest BCUT2D eigenvalue weighted by Crippen LogP contribution is 2.35. The van der Waals surface area contributed by atoms with Gasteiger partial charge >= 0.3 is 0 Å². The molecule has 1 atom stereocenters. The molecule has 1 aliphatic carbocycles. The first-order valence-electron chi connectivity index (χ1n) is 5.60. The molecule has 2 heteroatoms. The summed E-state index contributed by atoms with van der Waals surface area (Å²) >= 11 is 0. The van der Waals surface area contributed by atoms with Crippen LogP contribution in [0.4, 0.5) is 0 Å². The predicted molar refractivity (Wildman–Crippen MR) is 55.7 cm³/mol. The standard InChI is InChI=1S/C11H23NO/c1-3-12-9-8-11(2,13)10-6-4-5-7-10/h10,12-13H,3-9H2,1-2H3. The normalized spacial score (nSPS) is 23.3. The lowest BCUT2D eigenvalue weighted by Gasteiger charge is -2.30. The highest BCUT2D eigenvalue weighted by Gasteiger charge is 2.33. The summed E-state index contributed by atoms with van der Waals surface area (Å²) in [7, 11) is 0. The monoisotopic (exact) mass is 185 g/mol. The summed E-state index contributed by atoms with van der Waals surface area (Å²) in [5.41, 5.74) is -0.432. The first-order chi connectivity index (χ1) is 6.17. The first kappa shape index (κ1) is 11.0. The summed E-state index contributed by atoms with van der Waals surface area (Å²) in [6.07, 6.45) is 5.95. The van der Waals surface area contributed by atoms with Crippen molar-refractivity contribution in [3.63, 3.8) is 0 Å². The molecule has 2 N–H and O–H groups in total. The first-order valence-corrected chi connectivity index (χ1v) is 5.60. The Morgan fingerprint density at radius 1 is 1.38 bits per heavy atom. The molecule has 0 aromatic rings. The van der Waals surface area contributed by atoms with Crippen LogP contribution in [0, 0.1) is 5.92 Å². The highest BCUT2D eigenvalue weighted by molar-refractivity contribution is 4.85. The molecular weight excluding hydrogens is 162 g/mol. The van der Waals surface area contributed by atoms with E-state index in [0.717, 1.165) is 19.5 Å². The van der Waals surface area contributed by atoms with Crippen LogP contribution < -0.4 is 5.32 Å². The van der Waals surface area contributed by atoms with Gasteiger partial charge < -0.3 is 10.4 Å². The molecule has 0 radical (unpaired) electrons. The Kier molecular flexibility index (Phi) is 4.20. The van der Waals surface area contributed by atoms with Crippen LogP contribution in [0.5, 0.6) is 0 Å². The zero-order valence-electron chi connectivity index (χ0n) is 8.97. The fraction of sp³-hybridized carbons (Fsp3) is 1.00. The van der Waals surface area contributed by atoms with Crippen LogP contribution in [0.2, 0.25) is 0 Å². The second kappa shape index (κ2) is 4.97. The number of aliphatic hydroxyl groups is 1. The van der Waals surface area contributed by atoms with Gasteiger partial charge in [0.05, 0.1) is 5.60 Å². The maximum atomic E-state index is 10.2. The van der Waals surface area contributed by atoms with Gasteiger partial charge in [-0.05, 0) is 45.2 Å². The van der Waals surface area contributed by atoms with E-state index in [9.17, 15) is 5.11 Å². The fourth-order valence-electron chi connectivity index (χ4n) is 2.27. The third kappa shape index (κ3) is 3.28. The zero-order chi connectivity index (χ0) is 9.73. The molecule has 0 spiro atoms. The van der Waals surface area contributed by atoms with Gasteiger partial charge in [0.2, 0.25) is 0 Å². The second-order valence-corrected chi connectivity index (χ2v) is 4.44. The Hall–Kier alpha value is -0.0800. The summed E-state index contributed by atoms with van der Waals surface area (Å²) < 4.78 is 0. The van der Waals surface area contributed by atoms with Crippen molar-refractivity contribution >= 4 is 0 Å². The Morgan fingerprint density at radius 2 is 2.00 bits per heavy atom. The van der Waals surface area contributed by atoms with Crippen LogP contribution in [0.15, 0.2) is 0 Å². The summed E-state index contributed by atoms with van der Waals surface area (Å²) in [5, 5.41) is 13.5. The number of hydrogen-bond donors (Lipinski definition) is 2. The fourth-order valence-corrected chi connectivity index (χ4v) is 2.27. The lowest BCUT2D eigenvalue weighted by molar-refractivity contribution is -0.00569. The van der Waals surface area contributed by atoms with Crippen molar-refractivity contribution in [3.8, 4) is 0 Å². The Labute approximate surface area is 81.7 Å². The van der Waals surface area contributed by atoms with E-state index in [0.29, 0.717) is 5.92 Å². The molecule has 0 bridgehead atoms. The van der Waals surface area contributed by atoms with Crippen molar-refractivity contribution in [3.05, 3.63) is 0 Å². The molecule has 0 aliphatic heterocycles. The molecule has 0 saturated heterocycles. The van der Waals surface area contributed by atoms with Crippen molar-refractivity contribution in [2.24, 2.45) is 5.92 Å². The Balaban J connectivity index is 2.26. The quantitative estimate of drug-likeness (QED) is 0.641. The average molecular weight is 185 g/mol. The summed E-state index contributed by atoms with van der Waals surface area (Å²) in [6, 6.07) is 0. The van der Waals surface area contributed by atoms with Gasteiger partial charge in [0.25, 0.3) is 0 Å². The molecule has 1 rings (SSSR count). The predicted octanol–water partition coefficient (Wildman–Crippen LogP) is 1.93. The molecule has 0 heterocycles. The average Bonchev–Trinajstić information content (AvgIpc) is 2.56. The molecule has 1 fully saturated rings. The Bertz CT molecular complexity index is 139. The molecule has 78 valence electrons. The van der Waals surface area contributed by atoms with Gasteiger partial charge in [-0.1, -0.05) is 19.8 Å². The molecule has 13 heavy (non-hydrogen) atoms. The van der Waals surface area contributed by atoms with E-state index in [-0.39, 0.29) is 0 Å². The van der Waals surface area contributed by atoms with Crippen molar-refractivity contribution in [2.45, 2.75) is 51.6 Å². The smallest absolute Gasteiger partial charge is 0.0659 e. The van der Waals surface area contributed by atoms with Gasteiger partial charge in [-0.2, -0.15) is 0 Å². The SMILES string of the molecule is CCNCCC(C)(O)C1CCCC1. The van der Waals surface area contributed by atoms with Gasteiger partial charge in [0.15, 0.2) is 0 Å². The molecule has 0 aromatic heterocycles. The third-order valence-electron chi connectivity index (χ3n) is 3.29. The van der Waals surface area contributed by atoms with Gasteiger partial charge in [0.1, 0.15) is 0 Å². The largest absolute Gasteiger partial charge is 0.390 e. The van der Waals surface area contributed by atoms with E-state index in [1.807, 2.05) is 6.92 Å². The van der Waals surface area contributed by atoms with Crippen LogP contribution in [0.1, 0.15) is 46.0 Å². The van der Waals surface area contributed by atoms with Crippen molar-refractivity contribution in [1.82, 2.24) is 5.32 Å². The van der Waals surface area contributed by atoms with E-state index in [1.165, 1.54) is 25.7 Å². The number of nitrogens with one attached hydrogen (secondary N) is 1. The lowest BCUT2D eigenvalue weighted by atomic mass is 9.85. The van der Waals surface area contributed by atoms with Crippen LogP contribution >= 0.6 is 0 Å². The van der Waals surface area contributed by atoms with Crippen LogP contribution in [-0.2, 0) is 0 Å². The van der Waals surface area contributed by atoms with E-state index >= 15 is 0 Å². The second-order valence-electron chi connectivity index (χ2n) is 4.44. The molecule has 0 aromatic carbocycles. The third-order valence-corrected chi connectivity index (χ3v) is 3.29. The molecule has 1 unspecified atom stereocenters. The number of rotatable bonds is 5. The molecule has 0 amide bonds. The van der Waals surface area contributed by atoms with Crippen LogP contribution in [0.25, 0.3) is 0 Å². The summed E-state index contributed by atoms with van der Waals surface area (Å²) in [4.78, 5) is 0. The van der Waals surface area contributed by atoms with Gasteiger partial charge in [-0.15, -0.1) is 0 Å². The maximum absolute atomic E-state index is 10.2. The van der Waals surface area contributed by atoms with Crippen molar-refractivity contribution in [2.75, 3.05) is 13.1 Å². The zero-order valence-corrected chi connectivity index (χ0v) is 8.97. The molecule has 1 aliphatic rings. The molecule has 1 saturated carbocycles. The minimum absolute atomic E-state index is 0.432. The van der Waals surface area contributed by atoms with Gasteiger partial charge in [-0.25, -0.2) is 0 Å². The van der Waals surface area contributed by atoms with Gasteiger partial charge in [-0.3, -0.25) is 0 Å². The van der Waals surface area contributed by atoms with Gasteiger partial charge in [0, 0.05) is 0 Å². The van der Waals surface area contributed by atoms with Crippen LogP contribution in [0.3, 0.4) is 0 Å². The summed E-state index contributed by atoms with van der Waals surface area (Å²) in [5.74, 6) is 0.547. The van der Waals surface area contributed by atoms with Crippen molar-refractivity contribution in [1.29, 1.82) is 0 Å². The maximum Gasteiger partial charge on any atom is 0.0659 e. The van der Waals surface area contributed by atoms with E-state index in [4.69, 9.17) is 0 Å². The van der Waals surface area contributed by atoms with E-state index in [1.54, 1.807) is 0 Å².